The molecule has 0 spiro atoms. The monoisotopic (exact) mass is 550 g/mol. The number of hydrogen-bond donors (Lipinski definition) is 1. The smallest absolute Gasteiger partial charge is 0.261 e. The molecule has 0 aliphatic heterocycles. The molecule has 6 heteroatoms. The molecule has 3 rings (SSSR count). The summed E-state index contributed by atoms with van der Waals surface area (Å²) in [6.45, 7) is 8.16. The van der Waals surface area contributed by atoms with Crippen LogP contribution in [-0.4, -0.2) is 35.4 Å². The number of ether oxygens (including phenoxy) is 1. The van der Waals surface area contributed by atoms with E-state index >= 15 is 0 Å². The van der Waals surface area contributed by atoms with Gasteiger partial charge in [-0.15, -0.1) is 0 Å². The van der Waals surface area contributed by atoms with Crippen LogP contribution in [-0.2, 0) is 22.6 Å². The Hall–Kier alpha value is -3.12. The number of hydrogen-bond acceptors (Lipinski definition) is 3. The number of halogens is 1. The van der Waals surface area contributed by atoms with E-state index in [2.05, 4.69) is 21.2 Å². The number of aryl methyl sites for hydroxylation is 2. The quantitative estimate of drug-likeness (QED) is 0.318. The lowest BCUT2D eigenvalue weighted by Crippen LogP contribution is -2.53. The van der Waals surface area contributed by atoms with Crippen LogP contribution in [0.4, 0.5) is 0 Å². The van der Waals surface area contributed by atoms with Gasteiger partial charge in [-0.1, -0.05) is 77.5 Å². The molecule has 0 saturated carbocycles. The van der Waals surface area contributed by atoms with E-state index in [1.165, 1.54) is 0 Å². The first kappa shape index (κ1) is 27.5. The Kier molecular flexibility index (Phi) is 10.1. The number of amides is 2. The second-order valence-electron chi connectivity index (χ2n) is 9.17. The fraction of sp³-hybridized carbons (Fsp3) is 0.333. The van der Waals surface area contributed by atoms with E-state index in [0.29, 0.717) is 18.7 Å². The van der Waals surface area contributed by atoms with Crippen LogP contribution in [0.2, 0.25) is 0 Å². The van der Waals surface area contributed by atoms with Crippen LogP contribution >= 0.6 is 15.9 Å². The van der Waals surface area contributed by atoms with Crippen molar-refractivity contribution in [3.8, 4) is 5.75 Å². The topological polar surface area (TPSA) is 58.6 Å². The molecular weight excluding hydrogens is 516 g/mol. The van der Waals surface area contributed by atoms with E-state index < -0.39 is 6.04 Å². The lowest BCUT2D eigenvalue weighted by atomic mass is 10.0. The minimum atomic E-state index is -0.677. The van der Waals surface area contributed by atoms with Gasteiger partial charge in [0, 0.05) is 23.5 Å². The van der Waals surface area contributed by atoms with Gasteiger partial charge in [0.15, 0.2) is 6.61 Å². The third-order valence-electron chi connectivity index (χ3n) is 6.37. The molecule has 2 amide bonds. The van der Waals surface area contributed by atoms with Gasteiger partial charge >= 0.3 is 0 Å². The molecule has 190 valence electrons. The van der Waals surface area contributed by atoms with Crippen LogP contribution in [0.5, 0.6) is 5.75 Å². The first-order chi connectivity index (χ1) is 17.3. The molecule has 0 aliphatic rings. The van der Waals surface area contributed by atoms with Crippen molar-refractivity contribution >= 4 is 27.7 Å². The molecule has 0 aromatic heterocycles. The largest absolute Gasteiger partial charge is 0.484 e. The minimum Gasteiger partial charge on any atom is -0.484 e. The summed E-state index contributed by atoms with van der Waals surface area (Å²) in [5.74, 6) is 0.220. The van der Waals surface area contributed by atoms with Gasteiger partial charge in [0.05, 0.1) is 0 Å². The zero-order valence-corrected chi connectivity index (χ0v) is 23.0. The van der Waals surface area contributed by atoms with Crippen LogP contribution in [0.3, 0.4) is 0 Å². The maximum Gasteiger partial charge on any atom is 0.261 e. The highest BCUT2D eigenvalue weighted by atomic mass is 79.9. The second kappa shape index (κ2) is 13.3. The van der Waals surface area contributed by atoms with Gasteiger partial charge in [-0.2, -0.15) is 0 Å². The van der Waals surface area contributed by atoms with Crippen molar-refractivity contribution in [2.45, 2.75) is 59.2 Å². The van der Waals surface area contributed by atoms with Crippen LogP contribution in [0.15, 0.2) is 77.3 Å². The van der Waals surface area contributed by atoms with Gasteiger partial charge in [0.1, 0.15) is 11.8 Å². The van der Waals surface area contributed by atoms with E-state index in [4.69, 9.17) is 4.74 Å². The average Bonchev–Trinajstić information content (AvgIpc) is 2.88. The maximum absolute atomic E-state index is 13.7. The molecular formula is C30H35BrN2O3. The Labute approximate surface area is 223 Å². The zero-order valence-electron chi connectivity index (χ0n) is 21.5. The molecule has 2 unspecified atom stereocenters. The van der Waals surface area contributed by atoms with Gasteiger partial charge < -0.3 is 15.0 Å². The SMILES string of the molecule is CCC(C)NC(=O)C(Cc1ccccc1)N(Cc1ccccc1C)C(=O)COc1ccc(Br)c(C)c1. The highest BCUT2D eigenvalue weighted by molar-refractivity contribution is 9.10. The van der Waals surface area contributed by atoms with Crippen LogP contribution in [0.1, 0.15) is 42.5 Å². The molecule has 2 atom stereocenters. The van der Waals surface area contributed by atoms with Gasteiger partial charge in [-0.05, 0) is 67.6 Å². The fourth-order valence-electron chi connectivity index (χ4n) is 3.90. The highest BCUT2D eigenvalue weighted by Gasteiger charge is 2.31. The van der Waals surface area contributed by atoms with Crippen molar-refractivity contribution in [1.82, 2.24) is 10.2 Å². The van der Waals surface area contributed by atoms with E-state index in [0.717, 1.165) is 33.1 Å². The first-order valence-electron chi connectivity index (χ1n) is 12.4. The summed E-state index contributed by atoms with van der Waals surface area (Å²) < 4.78 is 6.87. The van der Waals surface area contributed by atoms with E-state index in [1.54, 1.807) is 4.90 Å². The number of nitrogens with zero attached hydrogens (tertiary/aromatic N) is 1. The van der Waals surface area contributed by atoms with E-state index in [1.807, 2.05) is 100 Å². The maximum atomic E-state index is 13.7. The highest BCUT2D eigenvalue weighted by Crippen LogP contribution is 2.22. The summed E-state index contributed by atoms with van der Waals surface area (Å²) in [6, 6.07) is 22.7. The Morgan fingerprint density at radius 3 is 2.33 bits per heavy atom. The lowest BCUT2D eigenvalue weighted by molar-refractivity contribution is -0.143. The molecule has 0 radical (unpaired) electrons. The standard InChI is InChI=1S/C30H35BrN2O3/c1-5-23(4)32-30(35)28(18-24-12-7-6-8-13-24)33(19-25-14-10-9-11-21(25)2)29(34)20-36-26-15-16-27(31)22(3)17-26/h6-17,23,28H,5,18-20H2,1-4H3,(H,32,35). The number of carbonyl (C=O) groups is 2. The summed E-state index contributed by atoms with van der Waals surface area (Å²) >= 11 is 3.49. The Morgan fingerprint density at radius 2 is 1.67 bits per heavy atom. The number of nitrogens with one attached hydrogen (secondary N) is 1. The lowest BCUT2D eigenvalue weighted by Gasteiger charge is -2.32. The zero-order chi connectivity index (χ0) is 26.1. The average molecular weight is 552 g/mol. The minimum absolute atomic E-state index is 0.00757. The molecule has 1 N–H and O–H groups in total. The van der Waals surface area contributed by atoms with Gasteiger partial charge in [0.2, 0.25) is 5.91 Å². The Bertz CT molecular complexity index is 1170. The molecule has 3 aromatic rings. The van der Waals surface area contributed by atoms with Crippen molar-refractivity contribution in [2.24, 2.45) is 0 Å². The number of carbonyl (C=O) groups excluding carboxylic acids is 2. The molecule has 3 aromatic carbocycles. The Morgan fingerprint density at radius 1 is 0.972 bits per heavy atom. The molecule has 0 heterocycles. The molecule has 0 fully saturated rings. The molecule has 0 aliphatic carbocycles. The summed E-state index contributed by atoms with van der Waals surface area (Å²) in [6.07, 6.45) is 1.22. The number of benzene rings is 3. The molecule has 0 bridgehead atoms. The third-order valence-corrected chi connectivity index (χ3v) is 7.26. The van der Waals surface area contributed by atoms with Crippen LogP contribution < -0.4 is 10.1 Å². The fourth-order valence-corrected chi connectivity index (χ4v) is 4.15. The summed E-state index contributed by atoms with van der Waals surface area (Å²) in [4.78, 5) is 28.9. The second-order valence-corrected chi connectivity index (χ2v) is 10.0. The van der Waals surface area contributed by atoms with Gasteiger partial charge in [-0.3, -0.25) is 9.59 Å². The normalized spacial score (nSPS) is 12.5. The van der Waals surface area contributed by atoms with Crippen molar-refractivity contribution < 1.29 is 14.3 Å². The predicted octanol–water partition coefficient (Wildman–Crippen LogP) is 6.00. The molecule has 0 saturated heterocycles. The van der Waals surface area contributed by atoms with Crippen molar-refractivity contribution in [3.05, 3.63) is 99.5 Å². The van der Waals surface area contributed by atoms with Gasteiger partial charge in [-0.25, -0.2) is 0 Å². The van der Waals surface area contributed by atoms with Crippen LogP contribution in [0, 0.1) is 13.8 Å². The summed E-state index contributed by atoms with van der Waals surface area (Å²) in [5, 5.41) is 3.09. The van der Waals surface area contributed by atoms with E-state index in [9.17, 15) is 9.59 Å². The van der Waals surface area contributed by atoms with Crippen LogP contribution in [0.25, 0.3) is 0 Å². The summed E-state index contributed by atoms with van der Waals surface area (Å²) in [5.41, 5.74) is 4.08. The van der Waals surface area contributed by atoms with Crippen molar-refractivity contribution in [2.75, 3.05) is 6.61 Å². The Balaban J connectivity index is 1.92. The van der Waals surface area contributed by atoms with E-state index in [-0.39, 0.29) is 24.5 Å². The molecule has 36 heavy (non-hydrogen) atoms. The number of rotatable bonds is 11. The predicted molar refractivity (Wildman–Crippen MR) is 148 cm³/mol. The first-order valence-corrected chi connectivity index (χ1v) is 13.1. The van der Waals surface area contributed by atoms with Crippen molar-refractivity contribution in [1.29, 1.82) is 0 Å². The summed E-state index contributed by atoms with van der Waals surface area (Å²) in [7, 11) is 0. The van der Waals surface area contributed by atoms with Crippen molar-refractivity contribution in [3.63, 3.8) is 0 Å². The van der Waals surface area contributed by atoms with Gasteiger partial charge in [0.25, 0.3) is 5.91 Å². The third kappa shape index (κ3) is 7.69. The molecule has 5 nitrogen and oxygen atoms in total.